The zero-order valence-corrected chi connectivity index (χ0v) is 18.5. The van der Waals surface area contributed by atoms with Crippen molar-refractivity contribution < 1.29 is 28.2 Å². The Balaban J connectivity index is 2.23. The van der Waals surface area contributed by atoms with E-state index in [0.29, 0.717) is 27.8 Å². The number of esters is 2. The van der Waals surface area contributed by atoms with Gasteiger partial charge in [-0.05, 0) is 59.7 Å². The van der Waals surface area contributed by atoms with E-state index in [1.165, 1.54) is 6.07 Å². The average molecular weight is 426 g/mol. The summed E-state index contributed by atoms with van der Waals surface area (Å²) in [4.78, 5) is 37.3. The summed E-state index contributed by atoms with van der Waals surface area (Å²) in [5.41, 5.74) is -0.224. The van der Waals surface area contributed by atoms with Crippen LogP contribution in [0.1, 0.15) is 53.2 Å². The van der Waals surface area contributed by atoms with Gasteiger partial charge in [0.05, 0.1) is 5.56 Å². The van der Waals surface area contributed by atoms with Crippen LogP contribution >= 0.6 is 0 Å². The molecular formula is C24H26O7. The van der Waals surface area contributed by atoms with Crippen molar-refractivity contribution in [1.82, 2.24) is 0 Å². The lowest BCUT2D eigenvalue weighted by atomic mass is 9.87. The number of benzene rings is 1. The predicted molar refractivity (Wildman–Crippen MR) is 115 cm³/mol. The van der Waals surface area contributed by atoms with Crippen LogP contribution in [-0.2, 0) is 19.1 Å². The van der Waals surface area contributed by atoms with Gasteiger partial charge in [-0.25, -0.2) is 14.4 Å². The van der Waals surface area contributed by atoms with Crippen LogP contribution in [0.3, 0.4) is 0 Å². The molecule has 1 aliphatic heterocycles. The molecule has 0 amide bonds. The summed E-state index contributed by atoms with van der Waals surface area (Å²) in [6.07, 6.45) is 1.21. The Morgan fingerprint density at radius 3 is 2.16 bits per heavy atom. The third kappa shape index (κ3) is 4.26. The van der Waals surface area contributed by atoms with Crippen LogP contribution in [0.25, 0.3) is 11.0 Å². The molecule has 0 bridgehead atoms. The molecule has 0 aliphatic carbocycles. The van der Waals surface area contributed by atoms with E-state index in [0.717, 1.165) is 0 Å². The molecule has 7 nitrogen and oxygen atoms in total. The maximum atomic E-state index is 12.7. The molecule has 0 radical (unpaired) electrons. The lowest BCUT2D eigenvalue weighted by Crippen LogP contribution is -2.52. The Kier molecular flexibility index (Phi) is 6.06. The fourth-order valence-corrected chi connectivity index (χ4v) is 3.33. The fraction of sp³-hybridized carbons (Fsp3) is 0.375. The Hall–Kier alpha value is -3.35. The molecule has 1 aromatic heterocycles. The van der Waals surface area contributed by atoms with Crippen LogP contribution in [0, 0.1) is 0 Å². The van der Waals surface area contributed by atoms with E-state index in [2.05, 4.69) is 0 Å². The standard InChI is InChI=1S/C24H26O7/c1-7-13(3)22(26)29-20-18-16(11-9-15-10-12-17(25)28-19(15)18)31-24(5,6)21(20)30-23(27)14(4)8-2/h7-12,20-21H,1-6H3/b13-7+,14-8-. The van der Waals surface area contributed by atoms with Gasteiger partial charge in [0, 0.05) is 22.6 Å². The third-order valence-corrected chi connectivity index (χ3v) is 5.38. The molecule has 1 aromatic carbocycles. The van der Waals surface area contributed by atoms with E-state index in [4.69, 9.17) is 18.6 Å². The molecule has 0 saturated carbocycles. The second-order valence-corrected chi connectivity index (χ2v) is 7.95. The number of rotatable bonds is 4. The summed E-state index contributed by atoms with van der Waals surface area (Å²) in [7, 11) is 0. The van der Waals surface area contributed by atoms with Crippen molar-refractivity contribution >= 4 is 22.9 Å². The summed E-state index contributed by atoms with van der Waals surface area (Å²) < 4.78 is 23.2. The first-order chi connectivity index (χ1) is 14.6. The molecule has 0 fully saturated rings. The average Bonchev–Trinajstić information content (AvgIpc) is 2.73. The monoisotopic (exact) mass is 426 g/mol. The van der Waals surface area contributed by atoms with Crippen molar-refractivity contribution in [2.24, 2.45) is 0 Å². The van der Waals surface area contributed by atoms with Crippen molar-refractivity contribution in [2.45, 2.75) is 59.4 Å². The molecule has 3 rings (SSSR count). The molecule has 1 aliphatic rings. The summed E-state index contributed by atoms with van der Waals surface area (Å²) >= 11 is 0. The highest BCUT2D eigenvalue weighted by Gasteiger charge is 2.50. The highest BCUT2D eigenvalue weighted by molar-refractivity contribution is 5.90. The van der Waals surface area contributed by atoms with E-state index >= 15 is 0 Å². The first-order valence-electron chi connectivity index (χ1n) is 10.0. The Labute approximate surface area is 180 Å². The lowest BCUT2D eigenvalue weighted by Gasteiger charge is -2.43. The van der Waals surface area contributed by atoms with Gasteiger partial charge >= 0.3 is 17.6 Å². The summed E-state index contributed by atoms with van der Waals surface area (Å²) in [5.74, 6) is -0.744. The molecular weight excluding hydrogens is 400 g/mol. The summed E-state index contributed by atoms with van der Waals surface area (Å²) in [6, 6.07) is 6.39. The van der Waals surface area contributed by atoms with Gasteiger partial charge in [-0.3, -0.25) is 0 Å². The van der Waals surface area contributed by atoms with Crippen LogP contribution < -0.4 is 10.4 Å². The van der Waals surface area contributed by atoms with Gasteiger partial charge in [-0.2, -0.15) is 0 Å². The fourth-order valence-electron chi connectivity index (χ4n) is 3.33. The SMILES string of the molecule is C/C=C(/C)C(=O)OC1C(OC(=O)/C(C)=C/C)c2c(ccc3ccc(=O)oc23)OC1(C)C. The van der Waals surface area contributed by atoms with Crippen molar-refractivity contribution in [3.8, 4) is 5.75 Å². The van der Waals surface area contributed by atoms with Crippen molar-refractivity contribution in [2.75, 3.05) is 0 Å². The zero-order chi connectivity index (χ0) is 22.9. The van der Waals surface area contributed by atoms with E-state index < -0.39 is 35.4 Å². The second kappa shape index (κ2) is 8.41. The quantitative estimate of drug-likeness (QED) is 0.407. The maximum Gasteiger partial charge on any atom is 0.336 e. The number of hydrogen-bond donors (Lipinski definition) is 0. The highest BCUT2D eigenvalue weighted by Crippen LogP contribution is 2.46. The number of carbonyl (C=O) groups is 2. The van der Waals surface area contributed by atoms with Crippen molar-refractivity contribution in [1.29, 1.82) is 0 Å². The van der Waals surface area contributed by atoms with E-state index in [1.54, 1.807) is 71.9 Å². The molecule has 2 atom stereocenters. The molecule has 0 spiro atoms. The van der Waals surface area contributed by atoms with Gasteiger partial charge in [0.2, 0.25) is 0 Å². The van der Waals surface area contributed by atoms with Gasteiger partial charge in [0.25, 0.3) is 0 Å². The van der Waals surface area contributed by atoms with Gasteiger partial charge < -0.3 is 18.6 Å². The maximum absolute atomic E-state index is 12.7. The second-order valence-electron chi connectivity index (χ2n) is 7.95. The molecule has 0 saturated heterocycles. The van der Waals surface area contributed by atoms with E-state index in [-0.39, 0.29) is 5.58 Å². The topological polar surface area (TPSA) is 92.0 Å². The molecule has 2 unspecified atom stereocenters. The predicted octanol–water partition coefficient (Wildman–Crippen LogP) is 4.39. The Bertz CT molecular complexity index is 1150. The third-order valence-electron chi connectivity index (χ3n) is 5.38. The zero-order valence-electron chi connectivity index (χ0n) is 18.5. The normalized spacial score (nSPS) is 20.6. The number of ether oxygens (including phenoxy) is 3. The van der Waals surface area contributed by atoms with E-state index in [1.807, 2.05) is 0 Å². The first kappa shape index (κ1) is 22.3. The first-order valence-corrected chi connectivity index (χ1v) is 10.0. The van der Waals surface area contributed by atoms with Crippen LogP contribution in [0.5, 0.6) is 5.75 Å². The van der Waals surface area contributed by atoms with Crippen molar-refractivity contribution in [3.63, 3.8) is 0 Å². The minimum Gasteiger partial charge on any atom is -0.483 e. The summed E-state index contributed by atoms with van der Waals surface area (Å²) in [5, 5.41) is 0.625. The molecule has 164 valence electrons. The molecule has 0 N–H and O–H groups in total. The van der Waals surface area contributed by atoms with Crippen LogP contribution in [0.15, 0.2) is 56.8 Å². The van der Waals surface area contributed by atoms with E-state index in [9.17, 15) is 14.4 Å². The van der Waals surface area contributed by atoms with Gasteiger partial charge in [0.1, 0.15) is 16.9 Å². The molecule has 2 aromatic rings. The molecule has 7 heteroatoms. The van der Waals surface area contributed by atoms with Crippen LogP contribution in [0.4, 0.5) is 0 Å². The van der Waals surface area contributed by atoms with Gasteiger partial charge in [0.15, 0.2) is 12.2 Å². The van der Waals surface area contributed by atoms with Gasteiger partial charge in [-0.15, -0.1) is 0 Å². The lowest BCUT2D eigenvalue weighted by molar-refractivity contribution is -0.185. The highest BCUT2D eigenvalue weighted by atomic mass is 16.6. The van der Waals surface area contributed by atoms with Crippen LogP contribution in [-0.4, -0.2) is 23.6 Å². The summed E-state index contributed by atoms with van der Waals surface area (Å²) in [6.45, 7) is 10.2. The molecule has 31 heavy (non-hydrogen) atoms. The van der Waals surface area contributed by atoms with Crippen LogP contribution in [0.2, 0.25) is 0 Å². The minimum atomic E-state index is -1.05. The van der Waals surface area contributed by atoms with Gasteiger partial charge in [-0.1, -0.05) is 12.2 Å². The largest absolute Gasteiger partial charge is 0.483 e. The number of allylic oxidation sites excluding steroid dienone is 2. The molecule has 2 heterocycles. The Morgan fingerprint density at radius 2 is 1.55 bits per heavy atom. The number of carbonyl (C=O) groups excluding carboxylic acids is 2. The smallest absolute Gasteiger partial charge is 0.336 e. The van der Waals surface area contributed by atoms with Crippen molar-refractivity contribution in [3.05, 3.63) is 63.5 Å². The number of hydrogen-bond acceptors (Lipinski definition) is 7. The number of fused-ring (bicyclic) bond motifs is 3. The Morgan fingerprint density at radius 1 is 0.968 bits per heavy atom. The minimum absolute atomic E-state index is 0.222.